The standard InChI is InChI=1S/C15H18N2O5S2/c1-21-7-14(18)16-15-17(10-4-3-5-11(6-10)22-2)12-8-24(19,20)9-13(12)23-15/h3-6,12-13H,7-9H2,1-2H3/t12-,13+/m1/s1. The number of sulfone groups is 1. The molecule has 2 fully saturated rings. The number of thioether (sulfide) groups is 1. The van der Waals surface area contributed by atoms with Crippen molar-refractivity contribution >= 4 is 38.4 Å². The number of anilines is 1. The van der Waals surface area contributed by atoms with Gasteiger partial charge in [-0.05, 0) is 12.1 Å². The lowest BCUT2D eigenvalue weighted by Gasteiger charge is -2.24. The highest BCUT2D eigenvalue weighted by Crippen LogP contribution is 2.41. The number of methoxy groups -OCH3 is 2. The Kier molecular flexibility index (Phi) is 4.84. The summed E-state index contributed by atoms with van der Waals surface area (Å²) in [7, 11) is -0.0838. The zero-order chi connectivity index (χ0) is 17.3. The molecule has 2 aliphatic rings. The third kappa shape index (κ3) is 3.42. The van der Waals surface area contributed by atoms with E-state index < -0.39 is 15.7 Å². The van der Waals surface area contributed by atoms with E-state index in [2.05, 4.69) is 4.99 Å². The van der Waals surface area contributed by atoms with Gasteiger partial charge in [-0.2, -0.15) is 4.99 Å². The molecular weight excluding hydrogens is 352 g/mol. The van der Waals surface area contributed by atoms with Crippen molar-refractivity contribution in [3.8, 4) is 5.75 Å². The second-order valence-corrected chi connectivity index (χ2v) is 8.95. The summed E-state index contributed by atoms with van der Waals surface area (Å²) in [6, 6.07) is 7.06. The monoisotopic (exact) mass is 370 g/mol. The van der Waals surface area contributed by atoms with Crippen LogP contribution in [-0.4, -0.2) is 63.1 Å². The van der Waals surface area contributed by atoms with Crippen molar-refractivity contribution in [2.45, 2.75) is 11.3 Å². The molecule has 1 amide bonds. The van der Waals surface area contributed by atoms with Crippen LogP contribution in [0.25, 0.3) is 0 Å². The lowest BCUT2D eigenvalue weighted by atomic mass is 10.2. The zero-order valence-corrected chi connectivity index (χ0v) is 15.0. The number of nitrogens with zero attached hydrogens (tertiary/aromatic N) is 2. The van der Waals surface area contributed by atoms with E-state index in [4.69, 9.17) is 9.47 Å². The van der Waals surface area contributed by atoms with Gasteiger partial charge in [0, 0.05) is 24.1 Å². The van der Waals surface area contributed by atoms with Crippen LogP contribution >= 0.6 is 11.8 Å². The van der Waals surface area contributed by atoms with E-state index in [-0.39, 0.29) is 29.4 Å². The Morgan fingerprint density at radius 3 is 2.88 bits per heavy atom. The Hall–Kier alpha value is -1.58. The highest BCUT2D eigenvalue weighted by molar-refractivity contribution is 8.16. The van der Waals surface area contributed by atoms with Crippen LogP contribution in [0.1, 0.15) is 0 Å². The molecule has 1 aromatic rings. The number of hydrogen-bond acceptors (Lipinski definition) is 6. The lowest BCUT2D eigenvalue weighted by Crippen LogP contribution is -2.37. The van der Waals surface area contributed by atoms with Crippen LogP contribution in [0.2, 0.25) is 0 Å². The van der Waals surface area contributed by atoms with E-state index in [1.807, 2.05) is 29.2 Å². The van der Waals surface area contributed by atoms with Crippen molar-refractivity contribution in [2.24, 2.45) is 4.99 Å². The number of benzene rings is 1. The molecule has 0 radical (unpaired) electrons. The number of fused-ring (bicyclic) bond motifs is 1. The predicted octanol–water partition coefficient (Wildman–Crippen LogP) is 0.943. The normalized spacial score (nSPS) is 26.6. The SMILES string of the molecule is COCC(=O)N=C1S[C@H]2CS(=O)(=O)C[C@H]2N1c1cccc(OC)c1. The van der Waals surface area contributed by atoms with Crippen molar-refractivity contribution in [1.82, 2.24) is 0 Å². The quantitative estimate of drug-likeness (QED) is 0.780. The Bertz CT molecular complexity index is 778. The zero-order valence-electron chi connectivity index (χ0n) is 13.3. The molecule has 0 bridgehead atoms. The number of aliphatic imine (C=N–C) groups is 1. The molecule has 24 heavy (non-hydrogen) atoms. The summed E-state index contributed by atoms with van der Waals surface area (Å²) in [6.07, 6.45) is 0. The first-order valence-electron chi connectivity index (χ1n) is 7.34. The first kappa shape index (κ1) is 17.2. The van der Waals surface area contributed by atoms with E-state index in [0.717, 1.165) is 5.69 Å². The fourth-order valence-corrected chi connectivity index (χ4v) is 6.82. The minimum Gasteiger partial charge on any atom is -0.497 e. The predicted molar refractivity (Wildman–Crippen MR) is 93.6 cm³/mol. The largest absolute Gasteiger partial charge is 0.497 e. The van der Waals surface area contributed by atoms with Gasteiger partial charge in [0.05, 0.1) is 24.7 Å². The highest BCUT2D eigenvalue weighted by atomic mass is 32.2. The summed E-state index contributed by atoms with van der Waals surface area (Å²) in [5.41, 5.74) is 0.760. The number of amides is 1. The van der Waals surface area contributed by atoms with Gasteiger partial charge in [0.2, 0.25) is 0 Å². The van der Waals surface area contributed by atoms with Crippen molar-refractivity contribution in [3.63, 3.8) is 0 Å². The molecule has 0 unspecified atom stereocenters. The molecule has 3 rings (SSSR count). The van der Waals surface area contributed by atoms with Crippen LogP contribution in [0.3, 0.4) is 0 Å². The molecular formula is C15H18N2O5S2. The van der Waals surface area contributed by atoms with Crippen LogP contribution in [0.4, 0.5) is 5.69 Å². The molecule has 2 atom stereocenters. The van der Waals surface area contributed by atoms with Crippen LogP contribution in [0.15, 0.2) is 29.3 Å². The van der Waals surface area contributed by atoms with Gasteiger partial charge in [-0.1, -0.05) is 17.8 Å². The lowest BCUT2D eigenvalue weighted by molar-refractivity contribution is -0.121. The highest BCUT2D eigenvalue weighted by Gasteiger charge is 2.49. The van der Waals surface area contributed by atoms with Gasteiger partial charge >= 0.3 is 0 Å². The molecule has 2 heterocycles. The first-order chi connectivity index (χ1) is 11.4. The Balaban J connectivity index is 1.99. The first-order valence-corrected chi connectivity index (χ1v) is 10.0. The number of hydrogen-bond donors (Lipinski definition) is 0. The summed E-state index contributed by atoms with van der Waals surface area (Å²) in [4.78, 5) is 17.8. The van der Waals surface area contributed by atoms with E-state index in [1.54, 1.807) is 7.11 Å². The summed E-state index contributed by atoms with van der Waals surface area (Å²) in [5.74, 6) is 0.416. The van der Waals surface area contributed by atoms with Crippen molar-refractivity contribution in [3.05, 3.63) is 24.3 Å². The topological polar surface area (TPSA) is 85.3 Å². The third-order valence-electron chi connectivity index (χ3n) is 3.89. The second-order valence-electron chi connectivity index (χ2n) is 5.59. The molecule has 2 saturated heterocycles. The summed E-state index contributed by atoms with van der Waals surface area (Å²) in [6.45, 7) is -0.107. The van der Waals surface area contributed by atoms with Crippen LogP contribution in [0, 0.1) is 0 Å². The number of amidine groups is 1. The van der Waals surface area contributed by atoms with Gasteiger partial charge < -0.3 is 14.4 Å². The molecule has 0 spiro atoms. The molecule has 0 N–H and O–H groups in total. The van der Waals surface area contributed by atoms with Crippen LogP contribution in [-0.2, 0) is 19.4 Å². The average Bonchev–Trinajstić information content (AvgIpc) is 2.98. The Labute approximate surface area is 144 Å². The maximum absolute atomic E-state index is 12.0. The molecule has 0 saturated carbocycles. The number of carbonyl (C=O) groups is 1. The fourth-order valence-electron chi connectivity index (χ4n) is 2.89. The average molecular weight is 370 g/mol. The molecule has 2 aliphatic heterocycles. The van der Waals surface area contributed by atoms with Crippen molar-refractivity contribution in [1.29, 1.82) is 0 Å². The molecule has 130 valence electrons. The number of rotatable bonds is 4. The van der Waals surface area contributed by atoms with Crippen LogP contribution < -0.4 is 9.64 Å². The van der Waals surface area contributed by atoms with Gasteiger partial charge in [0.1, 0.15) is 12.4 Å². The van der Waals surface area contributed by atoms with Crippen LogP contribution in [0.5, 0.6) is 5.75 Å². The number of ether oxygens (including phenoxy) is 2. The maximum Gasteiger partial charge on any atom is 0.274 e. The Morgan fingerprint density at radius 2 is 2.17 bits per heavy atom. The van der Waals surface area contributed by atoms with Crippen molar-refractivity contribution in [2.75, 3.05) is 37.2 Å². The molecule has 0 aliphatic carbocycles. The van der Waals surface area contributed by atoms with E-state index in [0.29, 0.717) is 10.9 Å². The fraction of sp³-hybridized carbons (Fsp3) is 0.467. The minimum atomic E-state index is -3.08. The molecule has 0 aromatic heterocycles. The smallest absolute Gasteiger partial charge is 0.274 e. The van der Waals surface area contributed by atoms with Gasteiger partial charge in [0.15, 0.2) is 15.0 Å². The van der Waals surface area contributed by atoms with E-state index in [9.17, 15) is 13.2 Å². The molecule has 7 nitrogen and oxygen atoms in total. The van der Waals surface area contributed by atoms with Gasteiger partial charge in [-0.25, -0.2) is 8.42 Å². The van der Waals surface area contributed by atoms with E-state index in [1.165, 1.54) is 18.9 Å². The second kappa shape index (κ2) is 6.73. The van der Waals surface area contributed by atoms with Gasteiger partial charge in [0.25, 0.3) is 5.91 Å². The van der Waals surface area contributed by atoms with E-state index >= 15 is 0 Å². The third-order valence-corrected chi connectivity index (χ3v) is 7.10. The summed E-state index contributed by atoms with van der Waals surface area (Å²) >= 11 is 1.33. The minimum absolute atomic E-state index is 0.0549. The molecule has 1 aromatic carbocycles. The summed E-state index contributed by atoms with van der Waals surface area (Å²) < 4.78 is 34.0. The van der Waals surface area contributed by atoms with Crippen molar-refractivity contribution < 1.29 is 22.7 Å². The van der Waals surface area contributed by atoms with Gasteiger partial charge in [-0.15, -0.1) is 0 Å². The molecule has 9 heteroatoms. The maximum atomic E-state index is 12.0. The Morgan fingerprint density at radius 1 is 1.38 bits per heavy atom. The summed E-state index contributed by atoms with van der Waals surface area (Å²) in [5, 5.41) is 0.380. The number of carbonyl (C=O) groups excluding carboxylic acids is 1. The van der Waals surface area contributed by atoms with Gasteiger partial charge in [-0.3, -0.25) is 4.79 Å².